The standard InChI is InChI=1S/C30H26F3N5O2S2/c1-20-6-2-4-8-25(20)38-27(39)18-42-29(38)35-26(41)9-5-3-7-21-10-12-22(13-11-21)28-34-19-37(36-28)23-14-16-24(17-15-23)40-30(31,32)33/h2,4,6,8,10-17,19H,3,5,7,9,18H2,1H3. The van der Waals surface area contributed by atoms with Gasteiger partial charge >= 0.3 is 6.36 Å². The summed E-state index contributed by atoms with van der Waals surface area (Å²) in [4.78, 5) is 23.7. The number of ether oxygens (including phenoxy) is 1. The van der Waals surface area contributed by atoms with Crippen LogP contribution in [0.1, 0.15) is 30.4 Å². The highest BCUT2D eigenvalue weighted by atomic mass is 32.2. The van der Waals surface area contributed by atoms with E-state index in [0.717, 1.165) is 36.1 Å². The number of alkyl halides is 3. The van der Waals surface area contributed by atoms with Crippen LogP contribution in [0.15, 0.2) is 84.1 Å². The molecule has 1 amide bonds. The minimum absolute atomic E-state index is 0.00915. The quantitative estimate of drug-likeness (QED) is 0.146. The molecule has 0 spiro atoms. The van der Waals surface area contributed by atoms with Crippen LogP contribution in [0.4, 0.5) is 18.9 Å². The number of anilines is 1. The van der Waals surface area contributed by atoms with Crippen LogP contribution in [0.25, 0.3) is 17.1 Å². The molecule has 1 aliphatic heterocycles. The molecular weight excluding hydrogens is 583 g/mol. The van der Waals surface area contributed by atoms with Gasteiger partial charge in [-0.2, -0.15) is 0 Å². The van der Waals surface area contributed by atoms with E-state index in [9.17, 15) is 18.0 Å². The van der Waals surface area contributed by atoms with Gasteiger partial charge in [-0.25, -0.2) is 14.7 Å². The summed E-state index contributed by atoms with van der Waals surface area (Å²) in [6.45, 7) is 1.97. The molecule has 1 aliphatic rings. The molecule has 0 unspecified atom stereocenters. The summed E-state index contributed by atoms with van der Waals surface area (Å²) < 4.78 is 42.5. The Morgan fingerprint density at radius 3 is 2.50 bits per heavy atom. The first-order valence-corrected chi connectivity index (χ1v) is 14.6. The van der Waals surface area contributed by atoms with Crippen molar-refractivity contribution in [2.24, 2.45) is 4.99 Å². The first-order chi connectivity index (χ1) is 20.2. The Labute approximate surface area is 250 Å². The normalized spacial score (nSPS) is 14.5. The fraction of sp³-hybridized carbons (Fsp3) is 0.233. The summed E-state index contributed by atoms with van der Waals surface area (Å²) in [6.07, 6.45) is 0.110. The molecule has 42 heavy (non-hydrogen) atoms. The molecule has 3 aromatic carbocycles. The van der Waals surface area contributed by atoms with E-state index in [1.54, 1.807) is 4.90 Å². The Kier molecular flexibility index (Phi) is 9.03. The van der Waals surface area contributed by atoms with E-state index in [2.05, 4.69) is 19.8 Å². The molecule has 0 bridgehead atoms. The summed E-state index contributed by atoms with van der Waals surface area (Å²) >= 11 is 6.94. The number of carbonyl (C=O) groups is 1. The van der Waals surface area contributed by atoms with Crippen LogP contribution in [0.3, 0.4) is 0 Å². The lowest BCUT2D eigenvalue weighted by molar-refractivity contribution is -0.274. The molecule has 1 fully saturated rings. The third-order valence-electron chi connectivity index (χ3n) is 6.49. The molecule has 216 valence electrons. The van der Waals surface area contributed by atoms with Crippen LogP contribution >= 0.6 is 24.0 Å². The first-order valence-electron chi connectivity index (χ1n) is 13.2. The molecule has 7 nitrogen and oxygen atoms in total. The van der Waals surface area contributed by atoms with Crippen molar-refractivity contribution in [1.29, 1.82) is 0 Å². The van der Waals surface area contributed by atoms with Gasteiger partial charge in [-0.05, 0) is 67.6 Å². The second-order valence-corrected chi connectivity index (χ2v) is 11.0. The summed E-state index contributed by atoms with van der Waals surface area (Å²) in [5.74, 6) is 0.570. The summed E-state index contributed by atoms with van der Waals surface area (Å²) in [6, 6.07) is 21.1. The van der Waals surface area contributed by atoms with Crippen LogP contribution in [0.5, 0.6) is 5.75 Å². The van der Waals surface area contributed by atoms with Crippen LogP contribution in [0, 0.1) is 6.92 Å². The van der Waals surface area contributed by atoms with Crippen molar-refractivity contribution in [2.45, 2.75) is 39.0 Å². The second-order valence-electron chi connectivity index (χ2n) is 9.55. The third kappa shape index (κ3) is 7.42. The number of amidine groups is 1. The number of halogens is 3. The van der Waals surface area contributed by atoms with Gasteiger partial charge in [-0.1, -0.05) is 66.4 Å². The number of aliphatic imine (C=N–C) groups is 1. The Balaban J connectivity index is 1.11. The number of thioether (sulfide) groups is 1. The van der Waals surface area contributed by atoms with Crippen molar-refractivity contribution >= 4 is 45.7 Å². The molecule has 4 aromatic rings. The number of carbonyl (C=O) groups excluding carboxylic acids is 1. The maximum Gasteiger partial charge on any atom is 0.573 e. The minimum atomic E-state index is -4.74. The van der Waals surface area contributed by atoms with E-state index in [1.807, 2.05) is 55.5 Å². The van der Waals surface area contributed by atoms with Gasteiger partial charge in [-0.3, -0.25) is 9.69 Å². The van der Waals surface area contributed by atoms with Crippen molar-refractivity contribution in [2.75, 3.05) is 10.7 Å². The number of aryl methyl sites for hydroxylation is 2. The second kappa shape index (κ2) is 12.9. The molecule has 5 rings (SSSR count). The van der Waals surface area contributed by atoms with Gasteiger partial charge in [-0.15, -0.1) is 18.3 Å². The third-order valence-corrected chi connectivity index (χ3v) is 7.71. The van der Waals surface area contributed by atoms with Crippen molar-refractivity contribution in [3.63, 3.8) is 0 Å². The van der Waals surface area contributed by atoms with Crippen molar-refractivity contribution in [3.05, 3.63) is 90.3 Å². The molecule has 1 saturated heterocycles. The van der Waals surface area contributed by atoms with Crippen LogP contribution in [-0.4, -0.2) is 42.9 Å². The SMILES string of the molecule is Cc1ccccc1N1C(=O)CSC1=NC(=S)CCCCc1ccc(-c2ncn(-c3ccc(OC(F)(F)F)cc3)n2)cc1. The molecule has 2 heterocycles. The monoisotopic (exact) mass is 609 g/mol. The molecule has 0 saturated carbocycles. The number of nitrogens with zero attached hydrogens (tertiary/aromatic N) is 5. The Bertz CT molecular complexity index is 1600. The lowest BCUT2D eigenvalue weighted by Gasteiger charge is -2.18. The number of unbranched alkanes of at least 4 members (excludes halogenated alkanes) is 1. The number of amides is 1. The maximum absolute atomic E-state index is 12.5. The van der Waals surface area contributed by atoms with Gasteiger partial charge in [0.2, 0.25) is 5.91 Å². The van der Waals surface area contributed by atoms with Crippen molar-refractivity contribution < 1.29 is 22.7 Å². The zero-order valence-electron chi connectivity index (χ0n) is 22.5. The van der Waals surface area contributed by atoms with Gasteiger partial charge in [0.05, 0.1) is 17.1 Å². The minimum Gasteiger partial charge on any atom is -0.406 e. The molecule has 0 N–H and O–H groups in total. The number of aromatic nitrogens is 3. The first kappa shape index (κ1) is 29.5. The lowest BCUT2D eigenvalue weighted by Crippen LogP contribution is -2.30. The number of para-hydroxylation sites is 1. The van der Waals surface area contributed by atoms with Gasteiger partial charge in [0.25, 0.3) is 0 Å². The number of benzene rings is 3. The molecule has 0 radical (unpaired) electrons. The van der Waals surface area contributed by atoms with Crippen molar-refractivity contribution in [3.8, 4) is 22.8 Å². The fourth-order valence-electron chi connectivity index (χ4n) is 4.40. The van der Waals surface area contributed by atoms with E-state index in [-0.39, 0.29) is 11.7 Å². The van der Waals surface area contributed by atoms with Gasteiger partial charge < -0.3 is 4.74 Å². The molecule has 1 aromatic heterocycles. The highest BCUT2D eigenvalue weighted by molar-refractivity contribution is 8.15. The van der Waals surface area contributed by atoms with Gasteiger partial charge in [0.15, 0.2) is 11.0 Å². The fourth-order valence-corrected chi connectivity index (χ4v) is 5.58. The highest BCUT2D eigenvalue weighted by Gasteiger charge is 2.31. The number of thiocarbonyl (C=S) groups is 1. The van der Waals surface area contributed by atoms with E-state index in [4.69, 9.17) is 12.2 Å². The Morgan fingerprint density at radius 2 is 1.79 bits per heavy atom. The molecule has 12 heteroatoms. The van der Waals surface area contributed by atoms with E-state index in [1.165, 1.54) is 52.6 Å². The predicted octanol–water partition coefficient (Wildman–Crippen LogP) is 7.32. The van der Waals surface area contributed by atoms with Crippen molar-refractivity contribution in [1.82, 2.24) is 14.8 Å². The smallest absolute Gasteiger partial charge is 0.406 e. The average Bonchev–Trinajstić information content (AvgIpc) is 3.59. The largest absolute Gasteiger partial charge is 0.573 e. The van der Waals surface area contributed by atoms with E-state index < -0.39 is 6.36 Å². The topological polar surface area (TPSA) is 72.6 Å². The molecule has 0 atom stereocenters. The van der Waals surface area contributed by atoms with Crippen LogP contribution in [0.2, 0.25) is 0 Å². The van der Waals surface area contributed by atoms with Crippen LogP contribution in [-0.2, 0) is 11.2 Å². The predicted molar refractivity (Wildman–Crippen MR) is 162 cm³/mol. The summed E-state index contributed by atoms with van der Waals surface area (Å²) in [5, 5.41) is 5.08. The zero-order chi connectivity index (χ0) is 29.7. The highest BCUT2D eigenvalue weighted by Crippen LogP contribution is 2.29. The Hall–Kier alpha value is -4.03. The summed E-state index contributed by atoms with van der Waals surface area (Å²) in [7, 11) is 0. The van der Waals surface area contributed by atoms with Crippen LogP contribution < -0.4 is 9.64 Å². The van der Waals surface area contributed by atoms with Gasteiger partial charge in [0.1, 0.15) is 17.1 Å². The number of rotatable bonds is 9. The zero-order valence-corrected chi connectivity index (χ0v) is 24.2. The summed E-state index contributed by atoms with van der Waals surface area (Å²) in [5.41, 5.74) is 4.40. The number of hydrogen-bond acceptors (Lipinski definition) is 6. The average molecular weight is 610 g/mol. The van der Waals surface area contributed by atoms with Gasteiger partial charge in [0, 0.05) is 12.0 Å². The maximum atomic E-state index is 12.5. The van der Waals surface area contributed by atoms with E-state index in [0.29, 0.717) is 33.8 Å². The molecular formula is C30H26F3N5O2S2. The number of hydrogen-bond donors (Lipinski definition) is 0. The lowest BCUT2D eigenvalue weighted by atomic mass is 10.0. The molecule has 0 aliphatic carbocycles. The Morgan fingerprint density at radius 1 is 1.05 bits per heavy atom. The van der Waals surface area contributed by atoms with E-state index >= 15 is 0 Å².